The third-order valence-electron chi connectivity index (χ3n) is 4.50. The molecule has 23 heavy (non-hydrogen) atoms. The predicted octanol–water partition coefficient (Wildman–Crippen LogP) is 0.137. The quantitative estimate of drug-likeness (QED) is 0.253. The Morgan fingerprint density at radius 2 is 1.65 bits per heavy atom. The molecule has 2 aliphatic rings. The van der Waals surface area contributed by atoms with Crippen molar-refractivity contribution < 1.29 is 30.3 Å². The van der Waals surface area contributed by atoms with Gasteiger partial charge in [-0.25, -0.2) is 0 Å². The summed E-state index contributed by atoms with van der Waals surface area (Å²) in [6, 6.07) is 5.77. The van der Waals surface area contributed by atoms with Crippen molar-refractivity contribution >= 4 is 26.2 Å². The Morgan fingerprint density at radius 1 is 0.957 bits per heavy atom. The summed E-state index contributed by atoms with van der Waals surface area (Å²) >= 11 is 0. The molecule has 2 atom stereocenters. The average Bonchev–Trinajstić information content (AvgIpc) is 2.75. The van der Waals surface area contributed by atoms with Gasteiger partial charge in [-0.05, 0) is 29.3 Å². The second kappa shape index (κ2) is 5.15. The molecule has 6 nitrogen and oxygen atoms in total. The fourth-order valence-electron chi connectivity index (χ4n) is 3.52. The summed E-state index contributed by atoms with van der Waals surface area (Å²) < 4.78 is 5.46. The standard InChI is InChI=1S/C16H14O6.Bi.3H/c17-10-2-1-8-13-9-4-12(19)11(18)3-7(9)5-16(13,21)6-22-15(8)14(10)20;;;;/h1-4,13,17-21H,5-6H2;;;;/t13-,16+;;;;/m1..../s1. The molecule has 4 rings (SSSR count). The molecule has 0 aromatic heterocycles. The van der Waals surface area contributed by atoms with E-state index in [2.05, 4.69) is 0 Å². The molecule has 1 heterocycles. The number of phenols is 4. The Hall–Kier alpha value is -1.72. The zero-order chi connectivity index (χ0) is 15.6. The maximum absolute atomic E-state index is 10.9. The molecule has 1 aliphatic carbocycles. The van der Waals surface area contributed by atoms with E-state index in [1.165, 1.54) is 18.2 Å². The van der Waals surface area contributed by atoms with Gasteiger partial charge in [0.25, 0.3) is 0 Å². The van der Waals surface area contributed by atoms with E-state index in [9.17, 15) is 25.5 Å². The average molecular weight is 514 g/mol. The molecule has 2 aromatic rings. The molecular weight excluding hydrogens is 497 g/mol. The van der Waals surface area contributed by atoms with E-state index in [4.69, 9.17) is 4.74 Å². The van der Waals surface area contributed by atoms with Gasteiger partial charge in [-0.1, -0.05) is 6.07 Å². The molecule has 0 saturated carbocycles. The molecule has 0 saturated heterocycles. The predicted molar refractivity (Wildman–Crippen MR) is 85.5 cm³/mol. The fraction of sp³-hybridized carbons (Fsp3) is 0.250. The number of aliphatic hydroxyl groups is 1. The fourth-order valence-corrected chi connectivity index (χ4v) is 3.52. The van der Waals surface area contributed by atoms with Crippen LogP contribution in [0.25, 0.3) is 0 Å². The molecule has 0 amide bonds. The summed E-state index contributed by atoms with van der Waals surface area (Å²) in [5, 5.41) is 49.8. The molecule has 0 unspecified atom stereocenters. The van der Waals surface area contributed by atoms with Crippen molar-refractivity contribution in [2.24, 2.45) is 0 Å². The first-order chi connectivity index (χ1) is 10.4. The monoisotopic (exact) mass is 514 g/mol. The molecule has 7 heteroatoms. The summed E-state index contributed by atoms with van der Waals surface area (Å²) in [5.74, 6) is -1.54. The zero-order valence-electron chi connectivity index (χ0n) is 12.2. The molecule has 0 bridgehead atoms. The van der Waals surface area contributed by atoms with Crippen LogP contribution in [0.2, 0.25) is 0 Å². The second-order valence-corrected chi connectivity index (χ2v) is 5.89. The Kier molecular flexibility index (Phi) is 3.61. The first-order valence-electron chi connectivity index (χ1n) is 6.85. The molecule has 0 radical (unpaired) electrons. The third-order valence-corrected chi connectivity index (χ3v) is 4.50. The Labute approximate surface area is 150 Å². The van der Waals surface area contributed by atoms with E-state index >= 15 is 0 Å². The first kappa shape index (κ1) is 16.2. The van der Waals surface area contributed by atoms with Gasteiger partial charge in [0.05, 0.1) is 0 Å². The second-order valence-electron chi connectivity index (χ2n) is 5.89. The van der Waals surface area contributed by atoms with Crippen LogP contribution in [0.15, 0.2) is 24.3 Å². The van der Waals surface area contributed by atoms with Crippen molar-refractivity contribution in [2.45, 2.75) is 17.9 Å². The molecule has 2 aromatic carbocycles. The SMILES string of the molecule is Oc1cc2c(cc1O)[C@H]1c3ccc(O)c(O)c3OC[C@@]1(O)C2.[BiH3]. The molecule has 0 spiro atoms. The Morgan fingerprint density at radius 3 is 2.39 bits per heavy atom. The van der Waals surface area contributed by atoms with Crippen LogP contribution in [0.1, 0.15) is 22.6 Å². The molecular formula is C16H17BiO6. The number of phenolic OH excluding ortho intramolecular Hbond substituents is 4. The molecule has 5 N–H and O–H groups in total. The van der Waals surface area contributed by atoms with Gasteiger partial charge in [0.2, 0.25) is 5.75 Å². The maximum atomic E-state index is 10.9. The van der Waals surface area contributed by atoms with Crippen molar-refractivity contribution in [3.8, 4) is 28.7 Å². The van der Waals surface area contributed by atoms with Gasteiger partial charge in [-0.2, -0.15) is 0 Å². The van der Waals surface area contributed by atoms with E-state index in [0.717, 1.165) is 0 Å². The summed E-state index contributed by atoms with van der Waals surface area (Å²) in [6.45, 7) is -0.0577. The van der Waals surface area contributed by atoms with Crippen LogP contribution in [0.3, 0.4) is 0 Å². The number of ether oxygens (including phenoxy) is 1. The number of hydrogen-bond acceptors (Lipinski definition) is 6. The zero-order valence-corrected chi connectivity index (χ0v) is 17.7. The number of fused-ring (bicyclic) bond motifs is 5. The van der Waals surface area contributed by atoms with E-state index in [-0.39, 0.29) is 68.0 Å². The number of rotatable bonds is 0. The summed E-state index contributed by atoms with van der Waals surface area (Å²) in [4.78, 5) is 0. The van der Waals surface area contributed by atoms with Crippen LogP contribution >= 0.6 is 0 Å². The van der Waals surface area contributed by atoms with Gasteiger partial charge < -0.3 is 30.3 Å². The van der Waals surface area contributed by atoms with Crippen LogP contribution < -0.4 is 4.74 Å². The summed E-state index contributed by atoms with van der Waals surface area (Å²) in [6.07, 6.45) is 0.266. The van der Waals surface area contributed by atoms with E-state index in [1.807, 2.05) is 0 Å². The van der Waals surface area contributed by atoms with Crippen molar-refractivity contribution in [1.29, 1.82) is 0 Å². The first-order valence-corrected chi connectivity index (χ1v) is 6.85. The van der Waals surface area contributed by atoms with Crippen molar-refractivity contribution in [1.82, 2.24) is 0 Å². The van der Waals surface area contributed by atoms with Gasteiger partial charge in [0, 0.05) is 17.9 Å². The van der Waals surface area contributed by atoms with Gasteiger partial charge in [0.15, 0.2) is 23.0 Å². The summed E-state index contributed by atoms with van der Waals surface area (Å²) in [7, 11) is 0. The topological polar surface area (TPSA) is 110 Å². The third kappa shape index (κ3) is 2.14. The van der Waals surface area contributed by atoms with Gasteiger partial charge in [-0.3, -0.25) is 0 Å². The van der Waals surface area contributed by atoms with Gasteiger partial charge in [-0.15, -0.1) is 0 Å². The molecule has 0 fully saturated rings. The molecule has 1 aliphatic heterocycles. The van der Waals surface area contributed by atoms with Crippen LogP contribution in [0, 0.1) is 0 Å². The van der Waals surface area contributed by atoms with E-state index in [1.54, 1.807) is 6.07 Å². The van der Waals surface area contributed by atoms with Crippen molar-refractivity contribution in [2.75, 3.05) is 6.61 Å². The Balaban J connectivity index is 0.00000156. The normalized spacial score (nSPS) is 24.0. The minimum atomic E-state index is -1.22. The Bertz CT molecular complexity index is 806. The minimum absolute atomic E-state index is 0. The number of hydrogen-bond donors (Lipinski definition) is 5. The number of aromatic hydroxyl groups is 4. The van der Waals surface area contributed by atoms with E-state index in [0.29, 0.717) is 16.7 Å². The van der Waals surface area contributed by atoms with E-state index < -0.39 is 11.5 Å². The van der Waals surface area contributed by atoms with Gasteiger partial charge in [0.1, 0.15) is 12.2 Å². The summed E-state index contributed by atoms with van der Waals surface area (Å²) in [5.41, 5.74) is 0.700. The van der Waals surface area contributed by atoms with Crippen molar-refractivity contribution in [3.63, 3.8) is 0 Å². The number of benzene rings is 2. The van der Waals surface area contributed by atoms with Crippen LogP contribution in [-0.4, -0.2) is 63.9 Å². The van der Waals surface area contributed by atoms with Crippen molar-refractivity contribution in [3.05, 3.63) is 41.0 Å². The van der Waals surface area contributed by atoms with Crippen LogP contribution in [0.4, 0.5) is 0 Å². The van der Waals surface area contributed by atoms with Gasteiger partial charge >= 0.3 is 26.2 Å². The molecule has 122 valence electrons. The van der Waals surface area contributed by atoms with Crippen LogP contribution in [-0.2, 0) is 6.42 Å². The van der Waals surface area contributed by atoms with Crippen LogP contribution in [0.5, 0.6) is 28.7 Å².